The number of carbonyl (C=O) groups excluding carboxylic acids is 4. The van der Waals surface area contributed by atoms with Gasteiger partial charge in [-0.25, -0.2) is 0 Å². The fourth-order valence-corrected chi connectivity index (χ4v) is 5.12. The molecule has 6 atom stereocenters. The summed E-state index contributed by atoms with van der Waals surface area (Å²) in [6.07, 6.45) is 2.74. The van der Waals surface area contributed by atoms with Crippen LogP contribution in [0.25, 0.3) is 0 Å². The minimum Gasteiger partial charge on any atom is -0.285 e. The highest BCUT2D eigenvalue weighted by Gasteiger charge is 2.68. The lowest BCUT2D eigenvalue weighted by atomic mass is 9.51. The van der Waals surface area contributed by atoms with Crippen molar-refractivity contribution in [1.82, 2.24) is 9.80 Å². The molecule has 2 unspecified atom stereocenters. The van der Waals surface area contributed by atoms with Gasteiger partial charge in [-0.05, 0) is 6.42 Å². The lowest BCUT2D eigenvalue weighted by Gasteiger charge is -2.47. The van der Waals surface area contributed by atoms with Crippen molar-refractivity contribution >= 4 is 23.6 Å². The van der Waals surface area contributed by atoms with Gasteiger partial charge in [0.05, 0.1) is 23.7 Å². The van der Waals surface area contributed by atoms with Gasteiger partial charge in [0.15, 0.2) is 0 Å². The topological polar surface area (TPSA) is 74.8 Å². The normalized spacial score (nSPS) is 43.0. The second kappa shape index (κ2) is 4.06. The molecule has 5 aliphatic rings. The number of likely N-dealkylation sites (tertiary alicyclic amines) is 2. The van der Waals surface area contributed by atoms with E-state index in [-0.39, 0.29) is 35.5 Å². The van der Waals surface area contributed by atoms with Gasteiger partial charge in [-0.2, -0.15) is 0 Å². The van der Waals surface area contributed by atoms with Crippen molar-refractivity contribution in [3.05, 3.63) is 11.6 Å². The third-order valence-electron chi connectivity index (χ3n) is 6.08. The zero-order chi connectivity index (χ0) is 15.9. The number of carbonyl (C=O) groups is 4. The predicted octanol–water partition coefficient (Wildman–Crippen LogP) is 0.0444. The summed E-state index contributed by atoms with van der Waals surface area (Å²) in [6.45, 7) is 1.99. The maximum absolute atomic E-state index is 12.5. The van der Waals surface area contributed by atoms with Crippen LogP contribution >= 0.6 is 0 Å². The minimum atomic E-state index is -0.470. The molecular formula is C16H18N2O4. The summed E-state index contributed by atoms with van der Waals surface area (Å²) in [7, 11) is 3.00. The number of hydrogen-bond acceptors (Lipinski definition) is 4. The highest BCUT2D eigenvalue weighted by atomic mass is 16.2. The summed E-state index contributed by atoms with van der Waals surface area (Å²) in [6, 6.07) is 0. The Kier molecular flexibility index (Phi) is 2.52. The standard InChI is InChI=1S/C16H18N2O4/c1-4-6-5-7-9-11(15(21)17(2)13(9)19)8(6)12-10(7)14(20)18(3)16(12)22/h5,7-12H,4H2,1-3H3/t7?,8?,9-,10+,11+,12-. The molecule has 0 radical (unpaired) electrons. The van der Waals surface area contributed by atoms with Gasteiger partial charge in [-0.15, -0.1) is 0 Å². The van der Waals surface area contributed by atoms with E-state index in [4.69, 9.17) is 0 Å². The van der Waals surface area contributed by atoms with E-state index < -0.39 is 23.7 Å². The third-order valence-corrected chi connectivity index (χ3v) is 6.08. The maximum atomic E-state index is 12.5. The second-order valence-electron chi connectivity index (χ2n) is 6.77. The average molecular weight is 302 g/mol. The number of imide groups is 2. The molecule has 1 saturated carbocycles. The van der Waals surface area contributed by atoms with Gasteiger partial charge in [0.2, 0.25) is 23.6 Å². The summed E-state index contributed by atoms with van der Waals surface area (Å²) >= 11 is 0. The molecule has 6 nitrogen and oxygen atoms in total. The number of nitrogens with zero attached hydrogens (tertiary/aromatic N) is 2. The Morgan fingerprint density at radius 1 is 0.773 bits per heavy atom. The molecule has 6 heteroatoms. The van der Waals surface area contributed by atoms with Crippen LogP contribution in [0, 0.1) is 35.5 Å². The van der Waals surface area contributed by atoms with Crippen molar-refractivity contribution in [2.75, 3.05) is 14.1 Å². The first-order valence-corrected chi connectivity index (χ1v) is 7.73. The molecule has 2 aliphatic heterocycles. The second-order valence-corrected chi connectivity index (χ2v) is 6.77. The maximum Gasteiger partial charge on any atom is 0.233 e. The monoisotopic (exact) mass is 302 g/mol. The van der Waals surface area contributed by atoms with Gasteiger partial charge >= 0.3 is 0 Å². The van der Waals surface area contributed by atoms with E-state index in [0.717, 1.165) is 12.0 Å². The zero-order valence-electron chi connectivity index (χ0n) is 12.8. The smallest absolute Gasteiger partial charge is 0.233 e. The fraction of sp³-hybridized carbons (Fsp3) is 0.625. The first kappa shape index (κ1) is 13.7. The Morgan fingerprint density at radius 3 is 1.59 bits per heavy atom. The van der Waals surface area contributed by atoms with Gasteiger partial charge < -0.3 is 0 Å². The van der Waals surface area contributed by atoms with E-state index in [1.54, 1.807) is 0 Å². The van der Waals surface area contributed by atoms with Gasteiger partial charge in [-0.3, -0.25) is 29.0 Å². The highest BCUT2D eigenvalue weighted by Crippen LogP contribution is 2.60. The van der Waals surface area contributed by atoms with Crippen LogP contribution in [0.5, 0.6) is 0 Å². The number of rotatable bonds is 1. The molecule has 0 aromatic heterocycles. The lowest BCUT2D eigenvalue weighted by Crippen LogP contribution is -2.52. The van der Waals surface area contributed by atoms with E-state index >= 15 is 0 Å². The van der Waals surface area contributed by atoms with E-state index in [9.17, 15) is 19.2 Å². The molecule has 116 valence electrons. The molecule has 5 rings (SSSR count). The average Bonchev–Trinajstić information content (AvgIpc) is 2.90. The van der Waals surface area contributed by atoms with Crippen LogP contribution in [-0.2, 0) is 19.2 Å². The molecule has 3 aliphatic carbocycles. The molecule has 0 N–H and O–H groups in total. The van der Waals surface area contributed by atoms with Crippen LogP contribution in [0.3, 0.4) is 0 Å². The number of amides is 4. The molecule has 4 amide bonds. The molecule has 0 spiro atoms. The van der Waals surface area contributed by atoms with Crippen LogP contribution in [0.15, 0.2) is 11.6 Å². The molecule has 3 fully saturated rings. The quantitative estimate of drug-likeness (QED) is 0.506. The first-order valence-electron chi connectivity index (χ1n) is 7.73. The van der Waals surface area contributed by atoms with Gasteiger partial charge in [0.1, 0.15) is 0 Å². The van der Waals surface area contributed by atoms with Crippen LogP contribution in [0.4, 0.5) is 0 Å². The van der Waals surface area contributed by atoms with Crippen molar-refractivity contribution in [3.63, 3.8) is 0 Å². The van der Waals surface area contributed by atoms with Crippen LogP contribution in [0.1, 0.15) is 13.3 Å². The van der Waals surface area contributed by atoms with Crippen molar-refractivity contribution in [3.8, 4) is 0 Å². The summed E-state index contributed by atoms with van der Waals surface area (Å²) in [4.78, 5) is 52.3. The van der Waals surface area contributed by atoms with Crippen LogP contribution in [0.2, 0.25) is 0 Å². The van der Waals surface area contributed by atoms with Gasteiger partial charge in [0.25, 0.3) is 0 Å². The van der Waals surface area contributed by atoms with Crippen molar-refractivity contribution in [2.45, 2.75) is 13.3 Å². The highest BCUT2D eigenvalue weighted by molar-refractivity contribution is 6.10. The van der Waals surface area contributed by atoms with Crippen LogP contribution < -0.4 is 0 Å². The Bertz CT molecular complexity index is 621. The SMILES string of the molecule is CCC1=CC2[C@H]3C(=O)N(C)C(=O)[C@H]3C1[C@H]1C(=O)N(C)C(=O)[C@@H]21. The Balaban J connectivity index is 1.91. The van der Waals surface area contributed by atoms with Crippen molar-refractivity contribution < 1.29 is 19.2 Å². The lowest BCUT2D eigenvalue weighted by molar-refractivity contribution is -0.138. The van der Waals surface area contributed by atoms with Gasteiger partial charge in [0, 0.05) is 25.9 Å². The number of hydrogen-bond donors (Lipinski definition) is 0. The molecular weight excluding hydrogens is 284 g/mol. The molecule has 22 heavy (non-hydrogen) atoms. The Labute approximate surface area is 128 Å². The molecule has 0 aromatic rings. The fourth-order valence-electron chi connectivity index (χ4n) is 5.12. The van der Waals surface area contributed by atoms with E-state index in [0.29, 0.717) is 0 Å². The van der Waals surface area contributed by atoms with Crippen LogP contribution in [-0.4, -0.2) is 47.5 Å². The molecule has 0 aromatic carbocycles. The van der Waals surface area contributed by atoms with Crippen molar-refractivity contribution in [1.29, 1.82) is 0 Å². The Hall–Kier alpha value is -1.98. The molecule has 2 bridgehead atoms. The molecule has 2 saturated heterocycles. The predicted molar refractivity (Wildman–Crippen MR) is 74.9 cm³/mol. The summed E-state index contributed by atoms with van der Waals surface area (Å²) < 4.78 is 0. The number of allylic oxidation sites excluding steroid dienone is 2. The largest absolute Gasteiger partial charge is 0.285 e. The van der Waals surface area contributed by atoms with Crippen molar-refractivity contribution in [2.24, 2.45) is 35.5 Å². The summed E-state index contributed by atoms with van der Waals surface area (Å²) in [5.74, 6) is -3.29. The van der Waals surface area contributed by atoms with E-state index in [1.807, 2.05) is 13.0 Å². The summed E-state index contributed by atoms with van der Waals surface area (Å²) in [5.41, 5.74) is 1.06. The van der Waals surface area contributed by atoms with E-state index in [1.165, 1.54) is 23.9 Å². The van der Waals surface area contributed by atoms with Gasteiger partial charge in [-0.1, -0.05) is 18.6 Å². The Morgan fingerprint density at radius 2 is 1.18 bits per heavy atom. The third kappa shape index (κ3) is 1.27. The molecule has 2 heterocycles. The minimum absolute atomic E-state index is 0.197. The zero-order valence-corrected chi connectivity index (χ0v) is 12.8. The summed E-state index contributed by atoms with van der Waals surface area (Å²) in [5, 5.41) is 0. The van der Waals surface area contributed by atoms with E-state index in [2.05, 4.69) is 0 Å². The first-order chi connectivity index (χ1) is 10.4.